The number of carbonyl (C=O) groups excluding carboxylic acids is 1. The Morgan fingerprint density at radius 1 is 1.40 bits per heavy atom. The van der Waals surface area contributed by atoms with Gasteiger partial charge in [-0.25, -0.2) is 0 Å². The fraction of sp³-hybridized carbons (Fsp3) is 0.923. The Kier molecular flexibility index (Phi) is 5.92. The average Bonchev–Trinajstić information content (AvgIpc) is 2.29. The van der Waals surface area contributed by atoms with Gasteiger partial charge in [0.05, 0.1) is 0 Å². The lowest BCUT2D eigenvalue weighted by Crippen LogP contribution is -2.23. The van der Waals surface area contributed by atoms with E-state index < -0.39 is 0 Å². The Morgan fingerprint density at radius 2 is 2.20 bits per heavy atom. The van der Waals surface area contributed by atoms with E-state index in [-0.39, 0.29) is 0 Å². The molecule has 1 saturated carbocycles. The van der Waals surface area contributed by atoms with Crippen molar-refractivity contribution < 1.29 is 4.79 Å². The molecule has 0 aromatic rings. The van der Waals surface area contributed by atoms with E-state index in [1.54, 1.807) is 0 Å². The van der Waals surface area contributed by atoms with Crippen molar-refractivity contribution in [2.45, 2.75) is 51.9 Å². The molecule has 2 atom stereocenters. The molecule has 1 aliphatic carbocycles. The third-order valence-corrected chi connectivity index (χ3v) is 3.67. The van der Waals surface area contributed by atoms with Crippen molar-refractivity contribution in [3.05, 3.63) is 0 Å². The molecule has 2 heteroatoms. The van der Waals surface area contributed by atoms with E-state index in [1.165, 1.54) is 19.3 Å². The molecule has 1 fully saturated rings. The van der Waals surface area contributed by atoms with E-state index >= 15 is 0 Å². The fourth-order valence-electron chi connectivity index (χ4n) is 2.60. The average molecular weight is 211 g/mol. The molecule has 0 aromatic carbocycles. The summed E-state index contributed by atoms with van der Waals surface area (Å²) in [6, 6.07) is 0. The van der Waals surface area contributed by atoms with E-state index in [1.807, 2.05) is 7.05 Å². The highest BCUT2D eigenvalue weighted by Gasteiger charge is 2.25. The van der Waals surface area contributed by atoms with Gasteiger partial charge in [-0.2, -0.15) is 0 Å². The maximum Gasteiger partial charge on any atom is 0.136 e. The monoisotopic (exact) mass is 211 g/mol. The summed E-state index contributed by atoms with van der Waals surface area (Å²) in [5.74, 6) is 1.72. The lowest BCUT2D eigenvalue weighted by atomic mass is 9.77. The van der Waals surface area contributed by atoms with Crippen LogP contribution in [0.4, 0.5) is 0 Å². The molecule has 88 valence electrons. The van der Waals surface area contributed by atoms with Crippen molar-refractivity contribution in [2.24, 2.45) is 11.8 Å². The molecule has 0 spiro atoms. The summed E-state index contributed by atoms with van der Waals surface area (Å²) in [7, 11) is 1.94. The first-order chi connectivity index (χ1) is 7.27. The van der Waals surface area contributed by atoms with Gasteiger partial charge in [-0.3, -0.25) is 4.79 Å². The van der Waals surface area contributed by atoms with Crippen LogP contribution in [0, 0.1) is 11.8 Å². The maximum absolute atomic E-state index is 11.9. The van der Waals surface area contributed by atoms with Gasteiger partial charge in [0, 0.05) is 12.3 Å². The number of hydrogen-bond acceptors (Lipinski definition) is 2. The molecule has 0 aromatic heterocycles. The number of hydrogen-bond donors (Lipinski definition) is 1. The standard InChI is InChI=1S/C13H25NO/c1-3-11-6-4-7-12(10-11)13(15)8-5-9-14-2/h11-12,14H,3-10H2,1-2H3. The first-order valence-electron chi connectivity index (χ1n) is 6.45. The van der Waals surface area contributed by atoms with Crippen LogP contribution in [0.5, 0.6) is 0 Å². The quantitative estimate of drug-likeness (QED) is 0.684. The van der Waals surface area contributed by atoms with E-state index in [4.69, 9.17) is 0 Å². The molecule has 0 amide bonds. The Bertz CT molecular complexity index is 191. The molecule has 1 N–H and O–H groups in total. The molecular weight excluding hydrogens is 186 g/mol. The summed E-state index contributed by atoms with van der Waals surface area (Å²) in [6.07, 6.45) is 7.95. The summed E-state index contributed by atoms with van der Waals surface area (Å²) in [5.41, 5.74) is 0. The zero-order chi connectivity index (χ0) is 11.1. The Morgan fingerprint density at radius 3 is 2.87 bits per heavy atom. The number of ketones is 1. The second-order valence-electron chi connectivity index (χ2n) is 4.81. The van der Waals surface area contributed by atoms with E-state index in [9.17, 15) is 4.79 Å². The van der Waals surface area contributed by atoms with Crippen LogP contribution in [0.2, 0.25) is 0 Å². The number of carbonyl (C=O) groups is 1. The van der Waals surface area contributed by atoms with Crippen LogP contribution >= 0.6 is 0 Å². The largest absolute Gasteiger partial charge is 0.320 e. The minimum atomic E-state index is 0.389. The maximum atomic E-state index is 11.9. The van der Waals surface area contributed by atoms with Crippen molar-refractivity contribution in [1.29, 1.82) is 0 Å². The van der Waals surface area contributed by atoms with Gasteiger partial charge < -0.3 is 5.32 Å². The summed E-state index contributed by atoms with van der Waals surface area (Å²) >= 11 is 0. The molecule has 15 heavy (non-hydrogen) atoms. The van der Waals surface area contributed by atoms with Crippen molar-refractivity contribution >= 4 is 5.78 Å². The summed E-state index contributed by atoms with van der Waals surface area (Å²) in [6.45, 7) is 3.22. The Hall–Kier alpha value is -0.370. The SMILES string of the molecule is CCC1CCCC(C(=O)CCCNC)C1. The summed E-state index contributed by atoms with van der Waals surface area (Å²) < 4.78 is 0. The van der Waals surface area contributed by atoms with Crippen LogP contribution < -0.4 is 5.32 Å². The minimum Gasteiger partial charge on any atom is -0.320 e. The Balaban J connectivity index is 2.25. The second-order valence-corrected chi connectivity index (χ2v) is 4.81. The zero-order valence-corrected chi connectivity index (χ0v) is 10.2. The lowest BCUT2D eigenvalue weighted by molar-refractivity contribution is -0.124. The predicted molar refractivity (Wildman–Crippen MR) is 63.9 cm³/mol. The van der Waals surface area contributed by atoms with Gasteiger partial charge in [0.15, 0.2) is 0 Å². The number of Topliss-reactive ketones (excluding diaryl/α,β-unsaturated/α-hetero) is 1. The van der Waals surface area contributed by atoms with E-state index in [0.29, 0.717) is 11.7 Å². The van der Waals surface area contributed by atoms with Gasteiger partial charge in [0.25, 0.3) is 0 Å². The molecule has 1 rings (SSSR count). The van der Waals surface area contributed by atoms with E-state index in [0.717, 1.165) is 38.1 Å². The van der Waals surface area contributed by atoms with E-state index in [2.05, 4.69) is 12.2 Å². The van der Waals surface area contributed by atoms with Crippen LogP contribution in [0.25, 0.3) is 0 Å². The molecule has 0 bridgehead atoms. The van der Waals surface area contributed by atoms with Gasteiger partial charge >= 0.3 is 0 Å². The van der Waals surface area contributed by atoms with Crippen LogP contribution in [-0.2, 0) is 4.79 Å². The van der Waals surface area contributed by atoms with Crippen LogP contribution in [-0.4, -0.2) is 19.4 Å². The van der Waals surface area contributed by atoms with Gasteiger partial charge in [-0.05, 0) is 38.8 Å². The van der Waals surface area contributed by atoms with Gasteiger partial charge in [-0.15, -0.1) is 0 Å². The van der Waals surface area contributed by atoms with Crippen LogP contribution in [0.1, 0.15) is 51.9 Å². The molecule has 2 nitrogen and oxygen atoms in total. The van der Waals surface area contributed by atoms with Crippen LogP contribution in [0.15, 0.2) is 0 Å². The first-order valence-corrected chi connectivity index (χ1v) is 6.45. The molecule has 1 aliphatic rings. The predicted octanol–water partition coefficient (Wildman–Crippen LogP) is 2.77. The number of nitrogens with one attached hydrogen (secondary N) is 1. The molecule has 0 aliphatic heterocycles. The van der Waals surface area contributed by atoms with Crippen molar-refractivity contribution in [3.8, 4) is 0 Å². The Labute approximate surface area is 93.8 Å². The minimum absolute atomic E-state index is 0.389. The van der Waals surface area contributed by atoms with Crippen molar-refractivity contribution in [3.63, 3.8) is 0 Å². The van der Waals surface area contributed by atoms with Gasteiger partial charge in [0.1, 0.15) is 5.78 Å². The number of rotatable bonds is 6. The third kappa shape index (κ3) is 4.33. The smallest absolute Gasteiger partial charge is 0.136 e. The lowest BCUT2D eigenvalue weighted by Gasteiger charge is -2.27. The normalized spacial score (nSPS) is 26.5. The second kappa shape index (κ2) is 7.00. The van der Waals surface area contributed by atoms with Crippen molar-refractivity contribution in [1.82, 2.24) is 5.32 Å². The highest BCUT2D eigenvalue weighted by atomic mass is 16.1. The molecule has 2 unspecified atom stereocenters. The fourth-order valence-corrected chi connectivity index (χ4v) is 2.60. The van der Waals surface area contributed by atoms with Gasteiger partial charge in [0.2, 0.25) is 0 Å². The summed E-state index contributed by atoms with van der Waals surface area (Å²) in [4.78, 5) is 11.9. The highest BCUT2D eigenvalue weighted by Crippen LogP contribution is 2.32. The molecule has 0 saturated heterocycles. The van der Waals surface area contributed by atoms with Gasteiger partial charge in [-0.1, -0.05) is 26.2 Å². The zero-order valence-electron chi connectivity index (χ0n) is 10.2. The van der Waals surface area contributed by atoms with Crippen LogP contribution in [0.3, 0.4) is 0 Å². The third-order valence-electron chi connectivity index (χ3n) is 3.67. The first kappa shape index (κ1) is 12.7. The molecule has 0 radical (unpaired) electrons. The van der Waals surface area contributed by atoms with Crippen molar-refractivity contribution in [2.75, 3.05) is 13.6 Å². The molecular formula is C13H25NO. The molecule has 0 heterocycles. The topological polar surface area (TPSA) is 29.1 Å². The highest BCUT2D eigenvalue weighted by molar-refractivity contribution is 5.81. The summed E-state index contributed by atoms with van der Waals surface area (Å²) in [5, 5.41) is 3.09.